The van der Waals surface area contributed by atoms with E-state index in [9.17, 15) is 13.2 Å². The van der Waals surface area contributed by atoms with E-state index in [4.69, 9.17) is 4.74 Å². The standard InChI is InChI=1S/C20H33N3O4S/c1-15(2)20(16-6-8-18(27-4)9-7-16)21-19(24)14-23-12-10-17(11-13-23)22(3)28(5,25)26/h6-9,15,17,20H,10-14H2,1-5H3,(H,21,24). The van der Waals surface area contributed by atoms with Crippen molar-refractivity contribution in [3.63, 3.8) is 0 Å². The molecule has 0 bridgehead atoms. The van der Waals surface area contributed by atoms with E-state index in [-0.39, 0.29) is 23.9 Å². The lowest BCUT2D eigenvalue weighted by Gasteiger charge is -2.35. The molecule has 0 radical (unpaired) electrons. The number of nitrogens with zero attached hydrogens (tertiary/aromatic N) is 2. The van der Waals surface area contributed by atoms with Gasteiger partial charge in [0, 0.05) is 26.2 Å². The highest BCUT2D eigenvalue weighted by molar-refractivity contribution is 7.88. The van der Waals surface area contributed by atoms with Gasteiger partial charge in [0.05, 0.1) is 26.0 Å². The van der Waals surface area contributed by atoms with Gasteiger partial charge in [0.2, 0.25) is 15.9 Å². The minimum Gasteiger partial charge on any atom is -0.497 e. The number of carbonyl (C=O) groups excluding carboxylic acids is 1. The Morgan fingerprint density at radius 2 is 1.82 bits per heavy atom. The molecule has 1 heterocycles. The number of methoxy groups -OCH3 is 1. The van der Waals surface area contributed by atoms with Crippen molar-refractivity contribution in [2.24, 2.45) is 5.92 Å². The zero-order chi connectivity index (χ0) is 20.9. The van der Waals surface area contributed by atoms with Gasteiger partial charge in [-0.05, 0) is 36.5 Å². The van der Waals surface area contributed by atoms with Crippen LogP contribution in [-0.4, -0.2) is 69.6 Å². The Bertz CT molecular complexity index is 741. The van der Waals surface area contributed by atoms with Crippen LogP contribution in [0.5, 0.6) is 5.75 Å². The third-order valence-electron chi connectivity index (χ3n) is 5.42. The summed E-state index contributed by atoms with van der Waals surface area (Å²) in [6.07, 6.45) is 2.71. The quantitative estimate of drug-likeness (QED) is 0.706. The number of carbonyl (C=O) groups is 1. The number of ether oxygens (including phenoxy) is 1. The summed E-state index contributed by atoms with van der Waals surface area (Å²) in [7, 11) is 0.0844. The summed E-state index contributed by atoms with van der Waals surface area (Å²) in [6.45, 7) is 5.93. The zero-order valence-corrected chi connectivity index (χ0v) is 18.3. The van der Waals surface area contributed by atoms with Crippen LogP contribution in [0, 0.1) is 5.92 Å². The van der Waals surface area contributed by atoms with Gasteiger partial charge in [-0.15, -0.1) is 0 Å². The third-order valence-corrected chi connectivity index (χ3v) is 6.76. The van der Waals surface area contributed by atoms with Gasteiger partial charge in [-0.25, -0.2) is 12.7 Å². The van der Waals surface area contributed by atoms with E-state index in [1.807, 2.05) is 24.3 Å². The van der Waals surface area contributed by atoms with Gasteiger partial charge >= 0.3 is 0 Å². The van der Waals surface area contributed by atoms with Gasteiger partial charge in [-0.2, -0.15) is 0 Å². The number of amides is 1. The predicted octanol–water partition coefficient (Wildman–Crippen LogP) is 1.86. The van der Waals surface area contributed by atoms with Gasteiger partial charge in [-0.3, -0.25) is 9.69 Å². The lowest BCUT2D eigenvalue weighted by atomic mass is 9.96. The molecular formula is C20H33N3O4S. The maximum Gasteiger partial charge on any atom is 0.234 e. The van der Waals surface area contributed by atoms with Crippen molar-refractivity contribution in [1.29, 1.82) is 0 Å². The maximum atomic E-state index is 12.6. The van der Waals surface area contributed by atoms with Crippen LogP contribution in [0.2, 0.25) is 0 Å². The number of hydrogen-bond acceptors (Lipinski definition) is 5. The topological polar surface area (TPSA) is 79.0 Å². The lowest BCUT2D eigenvalue weighted by Crippen LogP contribution is -2.48. The van der Waals surface area contributed by atoms with E-state index in [0.29, 0.717) is 19.6 Å². The Labute approximate surface area is 169 Å². The number of rotatable bonds is 8. The van der Waals surface area contributed by atoms with E-state index < -0.39 is 10.0 Å². The summed E-state index contributed by atoms with van der Waals surface area (Å²) >= 11 is 0. The molecule has 0 aromatic heterocycles. The van der Waals surface area contributed by atoms with Gasteiger partial charge < -0.3 is 10.1 Å². The van der Waals surface area contributed by atoms with E-state index >= 15 is 0 Å². The molecule has 1 aromatic rings. The summed E-state index contributed by atoms with van der Waals surface area (Å²) in [5.74, 6) is 1.04. The summed E-state index contributed by atoms with van der Waals surface area (Å²) in [4.78, 5) is 14.7. The largest absolute Gasteiger partial charge is 0.497 e. The Balaban J connectivity index is 1.90. The van der Waals surface area contributed by atoms with Crippen LogP contribution in [0.15, 0.2) is 24.3 Å². The fourth-order valence-corrected chi connectivity index (χ4v) is 4.33. The number of sulfonamides is 1. The SMILES string of the molecule is COc1ccc(C(NC(=O)CN2CCC(N(C)S(C)(=O)=O)CC2)C(C)C)cc1. The van der Waals surface area contributed by atoms with Crippen molar-refractivity contribution in [3.8, 4) is 5.75 Å². The molecule has 1 aliphatic heterocycles. The zero-order valence-electron chi connectivity index (χ0n) is 17.5. The molecule has 0 aliphatic carbocycles. The number of benzene rings is 1. The second kappa shape index (κ2) is 9.71. The minimum atomic E-state index is -3.18. The molecule has 0 spiro atoms. The molecule has 8 heteroatoms. The van der Waals surface area contributed by atoms with Crippen LogP contribution >= 0.6 is 0 Å². The predicted molar refractivity (Wildman–Crippen MR) is 111 cm³/mol. The molecule has 1 unspecified atom stereocenters. The molecule has 1 aromatic carbocycles. The first kappa shape index (κ1) is 22.6. The van der Waals surface area contributed by atoms with Gasteiger partial charge in [0.25, 0.3) is 0 Å². The second-order valence-electron chi connectivity index (χ2n) is 7.85. The van der Waals surface area contributed by atoms with Crippen LogP contribution in [0.4, 0.5) is 0 Å². The Kier molecular flexibility index (Phi) is 7.86. The molecule has 1 saturated heterocycles. The number of piperidine rings is 1. The Hall–Kier alpha value is -1.64. The van der Waals surface area contributed by atoms with Crippen molar-refractivity contribution in [2.75, 3.05) is 40.0 Å². The van der Waals surface area contributed by atoms with Crippen LogP contribution in [0.1, 0.15) is 38.3 Å². The van der Waals surface area contributed by atoms with Gasteiger partial charge in [0.1, 0.15) is 5.75 Å². The third kappa shape index (κ3) is 6.18. The van der Waals surface area contributed by atoms with Crippen LogP contribution < -0.4 is 10.1 Å². The molecule has 28 heavy (non-hydrogen) atoms. The first-order valence-electron chi connectivity index (χ1n) is 9.70. The molecular weight excluding hydrogens is 378 g/mol. The summed E-state index contributed by atoms with van der Waals surface area (Å²) in [5.41, 5.74) is 1.05. The van der Waals surface area contributed by atoms with E-state index in [1.165, 1.54) is 10.6 Å². The summed E-state index contributed by atoms with van der Waals surface area (Å²) in [5, 5.41) is 3.15. The highest BCUT2D eigenvalue weighted by Gasteiger charge is 2.28. The van der Waals surface area contributed by atoms with Crippen LogP contribution in [0.25, 0.3) is 0 Å². The molecule has 2 rings (SSSR count). The molecule has 1 N–H and O–H groups in total. The van der Waals surface area contributed by atoms with Crippen molar-refractivity contribution in [3.05, 3.63) is 29.8 Å². The fourth-order valence-electron chi connectivity index (χ4n) is 3.58. The van der Waals surface area contributed by atoms with Crippen molar-refractivity contribution in [2.45, 2.75) is 38.8 Å². The van der Waals surface area contributed by atoms with E-state index in [1.54, 1.807) is 14.2 Å². The fraction of sp³-hybridized carbons (Fsp3) is 0.650. The first-order chi connectivity index (χ1) is 13.1. The molecule has 1 atom stereocenters. The summed E-state index contributed by atoms with van der Waals surface area (Å²) in [6, 6.07) is 7.72. The first-order valence-corrected chi connectivity index (χ1v) is 11.5. The highest BCUT2D eigenvalue weighted by atomic mass is 32.2. The molecule has 7 nitrogen and oxygen atoms in total. The molecule has 158 valence electrons. The molecule has 0 saturated carbocycles. The highest BCUT2D eigenvalue weighted by Crippen LogP contribution is 2.24. The molecule has 1 aliphatic rings. The Morgan fingerprint density at radius 3 is 2.29 bits per heavy atom. The average Bonchev–Trinajstić information content (AvgIpc) is 2.65. The monoisotopic (exact) mass is 411 g/mol. The van der Waals surface area contributed by atoms with Crippen LogP contribution in [-0.2, 0) is 14.8 Å². The van der Waals surface area contributed by atoms with Crippen molar-refractivity contribution >= 4 is 15.9 Å². The van der Waals surface area contributed by atoms with Gasteiger partial charge in [-0.1, -0.05) is 26.0 Å². The number of nitrogens with one attached hydrogen (secondary N) is 1. The number of likely N-dealkylation sites (tertiary alicyclic amines) is 1. The molecule has 1 amide bonds. The maximum absolute atomic E-state index is 12.6. The van der Waals surface area contributed by atoms with Crippen LogP contribution in [0.3, 0.4) is 0 Å². The van der Waals surface area contributed by atoms with Crippen molar-refractivity contribution < 1.29 is 17.9 Å². The minimum absolute atomic E-state index is 0.00978. The van der Waals surface area contributed by atoms with Crippen molar-refractivity contribution in [1.82, 2.24) is 14.5 Å². The normalized spacial score (nSPS) is 17.7. The number of hydrogen-bond donors (Lipinski definition) is 1. The lowest BCUT2D eigenvalue weighted by molar-refractivity contribution is -0.123. The van der Waals surface area contributed by atoms with E-state index in [0.717, 1.165) is 24.2 Å². The Morgan fingerprint density at radius 1 is 1.25 bits per heavy atom. The van der Waals surface area contributed by atoms with E-state index in [2.05, 4.69) is 24.1 Å². The smallest absolute Gasteiger partial charge is 0.234 e. The molecule has 1 fully saturated rings. The average molecular weight is 412 g/mol. The summed E-state index contributed by atoms with van der Waals surface area (Å²) < 4.78 is 30.0. The second-order valence-corrected chi connectivity index (χ2v) is 9.89. The van der Waals surface area contributed by atoms with Gasteiger partial charge in [0.15, 0.2) is 0 Å².